The first-order chi connectivity index (χ1) is 43.2. The van der Waals surface area contributed by atoms with Gasteiger partial charge in [0.05, 0.1) is 26.4 Å². The van der Waals surface area contributed by atoms with E-state index in [4.69, 9.17) is 37.0 Å². The molecular formula is C71H138O17P2. The standard InChI is InChI=1S/C71H138O17P2/c1-9-63(7)49-41-33-24-20-15-13-11-12-14-16-22-26-37-45-53-70(75)87-66(57-81-68(73)51-43-35-25-21-18-17-19-23-31-39-47-61(3)4)59-85-89(77,78)83-55-65(72)56-84-90(79,80)86-60-67(58-82-69(74)52-44-36-29-27-32-40-48-62(5)6)88-71(76)54-46-38-30-28-34-42-50-64(8)10-2/h61-67,72H,9-60H2,1-8H3,(H,77,78)(H,79,80)/t63?,64?,65-,66-,67-/m1/s1. The molecule has 19 heteroatoms. The Morgan fingerprint density at radius 2 is 0.533 bits per heavy atom. The van der Waals surface area contributed by atoms with Crippen LogP contribution in [0.4, 0.5) is 0 Å². The minimum absolute atomic E-state index is 0.101. The molecule has 7 atom stereocenters. The fraction of sp³-hybridized carbons (Fsp3) is 0.944. The third kappa shape index (κ3) is 62.2. The molecule has 90 heavy (non-hydrogen) atoms. The summed E-state index contributed by atoms with van der Waals surface area (Å²) < 4.78 is 68.3. The second-order valence-corrected chi connectivity index (χ2v) is 30.0. The molecule has 0 aliphatic heterocycles. The second kappa shape index (κ2) is 60.7. The maximum absolute atomic E-state index is 13.0. The monoisotopic (exact) mass is 1320 g/mol. The Morgan fingerprint density at radius 1 is 0.311 bits per heavy atom. The molecule has 0 fully saturated rings. The van der Waals surface area contributed by atoms with E-state index in [1.165, 1.54) is 148 Å². The van der Waals surface area contributed by atoms with Crippen LogP contribution < -0.4 is 0 Å². The molecule has 0 amide bonds. The van der Waals surface area contributed by atoms with Crippen molar-refractivity contribution < 1.29 is 80.2 Å². The van der Waals surface area contributed by atoms with Crippen LogP contribution in [-0.4, -0.2) is 96.7 Å². The summed E-state index contributed by atoms with van der Waals surface area (Å²) in [6, 6.07) is 0. The third-order valence-electron chi connectivity index (χ3n) is 17.0. The normalized spacial score (nSPS) is 14.9. The van der Waals surface area contributed by atoms with Gasteiger partial charge in [0, 0.05) is 25.7 Å². The summed E-state index contributed by atoms with van der Waals surface area (Å²) in [7, 11) is -9.90. The van der Waals surface area contributed by atoms with E-state index in [2.05, 4.69) is 55.4 Å². The fourth-order valence-corrected chi connectivity index (χ4v) is 12.2. The van der Waals surface area contributed by atoms with E-state index in [0.29, 0.717) is 31.6 Å². The average Bonchev–Trinajstić information content (AvgIpc) is 3.42. The number of aliphatic hydroxyl groups is 1. The Hall–Kier alpha value is -1.94. The first-order valence-electron chi connectivity index (χ1n) is 36.8. The van der Waals surface area contributed by atoms with E-state index in [1.807, 2.05) is 0 Å². The number of hydrogen-bond acceptors (Lipinski definition) is 15. The van der Waals surface area contributed by atoms with E-state index in [-0.39, 0.29) is 25.7 Å². The topological polar surface area (TPSA) is 237 Å². The second-order valence-electron chi connectivity index (χ2n) is 27.1. The Bertz CT molecular complexity index is 1790. The van der Waals surface area contributed by atoms with Gasteiger partial charge in [-0.15, -0.1) is 0 Å². The van der Waals surface area contributed by atoms with Crippen LogP contribution in [0.3, 0.4) is 0 Å². The molecule has 4 unspecified atom stereocenters. The van der Waals surface area contributed by atoms with Crippen LogP contribution in [0.1, 0.15) is 351 Å². The number of phosphoric acid groups is 2. The summed E-state index contributed by atoms with van der Waals surface area (Å²) >= 11 is 0. The van der Waals surface area contributed by atoms with E-state index in [9.17, 15) is 43.2 Å². The zero-order valence-electron chi connectivity index (χ0n) is 58.8. The first kappa shape index (κ1) is 88.1. The molecular weight excluding hydrogens is 1190 g/mol. The summed E-state index contributed by atoms with van der Waals surface area (Å²) in [5.74, 6) is 0.872. The maximum atomic E-state index is 13.0. The van der Waals surface area contributed by atoms with Crippen molar-refractivity contribution in [1.29, 1.82) is 0 Å². The van der Waals surface area contributed by atoms with Crippen LogP contribution >= 0.6 is 15.6 Å². The van der Waals surface area contributed by atoms with E-state index in [0.717, 1.165) is 114 Å². The molecule has 0 aromatic carbocycles. The number of ether oxygens (including phenoxy) is 4. The number of carbonyl (C=O) groups is 4. The molecule has 0 bridgehead atoms. The van der Waals surface area contributed by atoms with Crippen molar-refractivity contribution in [2.45, 2.75) is 369 Å². The Labute approximate surface area is 549 Å². The van der Waals surface area contributed by atoms with Gasteiger partial charge in [0.15, 0.2) is 12.2 Å². The molecule has 0 aromatic rings. The number of esters is 4. The zero-order chi connectivity index (χ0) is 66.8. The minimum Gasteiger partial charge on any atom is -0.462 e. The van der Waals surface area contributed by atoms with Crippen LogP contribution in [0.25, 0.3) is 0 Å². The van der Waals surface area contributed by atoms with Gasteiger partial charge in [0.1, 0.15) is 19.3 Å². The highest BCUT2D eigenvalue weighted by molar-refractivity contribution is 7.47. The maximum Gasteiger partial charge on any atom is 0.472 e. The molecule has 534 valence electrons. The lowest BCUT2D eigenvalue weighted by Crippen LogP contribution is -2.30. The molecule has 0 saturated heterocycles. The molecule has 0 aliphatic carbocycles. The fourth-order valence-electron chi connectivity index (χ4n) is 10.6. The van der Waals surface area contributed by atoms with Gasteiger partial charge in [-0.3, -0.25) is 37.3 Å². The highest BCUT2D eigenvalue weighted by Gasteiger charge is 2.30. The van der Waals surface area contributed by atoms with Gasteiger partial charge in [-0.05, 0) is 49.4 Å². The van der Waals surface area contributed by atoms with Gasteiger partial charge in [0.25, 0.3) is 0 Å². The number of phosphoric ester groups is 2. The van der Waals surface area contributed by atoms with Crippen LogP contribution in [0.5, 0.6) is 0 Å². The lowest BCUT2D eigenvalue weighted by molar-refractivity contribution is -0.161. The highest BCUT2D eigenvalue weighted by Crippen LogP contribution is 2.45. The zero-order valence-corrected chi connectivity index (χ0v) is 60.6. The minimum atomic E-state index is -4.95. The van der Waals surface area contributed by atoms with E-state index >= 15 is 0 Å². The molecule has 0 rings (SSSR count). The summed E-state index contributed by atoms with van der Waals surface area (Å²) in [5.41, 5.74) is 0. The SMILES string of the molecule is CCC(C)CCCCCCCCCCCCCCCCC(=O)O[C@H](COC(=O)CCCCCCCCCCCCC(C)C)COP(=O)(O)OC[C@@H](O)COP(=O)(O)OC[C@@H](COC(=O)CCCCCCCCC(C)C)OC(=O)CCCCCCCCC(C)CC. The van der Waals surface area contributed by atoms with Crippen molar-refractivity contribution >= 4 is 39.5 Å². The summed E-state index contributed by atoms with van der Waals surface area (Å²) in [5, 5.41) is 10.6. The molecule has 0 saturated carbocycles. The molecule has 0 aliphatic rings. The predicted octanol–water partition coefficient (Wildman–Crippen LogP) is 20.1. The van der Waals surface area contributed by atoms with Crippen molar-refractivity contribution in [1.82, 2.24) is 0 Å². The molecule has 17 nitrogen and oxygen atoms in total. The van der Waals surface area contributed by atoms with Crippen molar-refractivity contribution in [3.63, 3.8) is 0 Å². The molecule has 0 radical (unpaired) electrons. The smallest absolute Gasteiger partial charge is 0.462 e. The van der Waals surface area contributed by atoms with Crippen LogP contribution in [0.2, 0.25) is 0 Å². The van der Waals surface area contributed by atoms with Crippen molar-refractivity contribution in [2.75, 3.05) is 39.6 Å². The van der Waals surface area contributed by atoms with Crippen LogP contribution in [0.15, 0.2) is 0 Å². The summed E-state index contributed by atoms with van der Waals surface area (Å²) in [6.07, 6.45) is 43.2. The molecule has 3 N–H and O–H groups in total. The number of hydrogen-bond donors (Lipinski definition) is 3. The number of rotatable bonds is 68. The van der Waals surface area contributed by atoms with Crippen LogP contribution in [0, 0.1) is 23.7 Å². The van der Waals surface area contributed by atoms with E-state index < -0.39 is 97.5 Å². The van der Waals surface area contributed by atoms with Crippen molar-refractivity contribution in [2.24, 2.45) is 23.7 Å². The largest absolute Gasteiger partial charge is 0.472 e. The Balaban J connectivity index is 5.23. The molecule has 0 aromatic heterocycles. The number of aliphatic hydroxyl groups excluding tert-OH is 1. The van der Waals surface area contributed by atoms with E-state index in [1.54, 1.807) is 0 Å². The van der Waals surface area contributed by atoms with Crippen LogP contribution in [-0.2, 0) is 65.4 Å². The summed E-state index contributed by atoms with van der Waals surface area (Å²) in [4.78, 5) is 72.5. The third-order valence-corrected chi connectivity index (χ3v) is 18.9. The number of carbonyl (C=O) groups excluding carboxylic acids is 4. The van der Waals surface area contributed by atoms with Gasteiger partial charge in [0.2, 0.25) is 0 Å². The number of unbranched alkanes of at least 4 members (excludes halogenated alkanes) is 32. The van der Waals surface area contributed by atoms with Gasteiger partial charge >= 0.3 is 39.5 Å². The first-order valence-corrected chi connectivity index (χ1v) is 39.8. The van der Waals surface area contributed by atoms with Gasteiger partial charge in [-0.1, -0.05) is 299 Å². The van der Waals surface area contributed by atoms with Gasteiger partial charge in [-0.2, -0.15) is 0 Å². The van der Waals surface area contributed by atoms with Crippen molar-refractivity contribution in [3.8, 4) is 0 Å². The molecule has 0 heterocycles. The lowest BCUT2D eigenvalue weighted by Gasteiger charge is -2.21. The predicted molar refractivity (Wildman–Crippen MR) is 363 cm³/mol. The van der Waals surface area contributed by atoms with Crippen molar-refractivity contribution in [3.05, 3.63) is 0 Å². The highest BCUT2D eigenvalue weighted by atomic mass is 31.2. The lowest BCUT2D eigenvalue weighted by atomic mass is 9.99. The van der Waals surface area contributed by atoms with Gasteiger partial charge in [-0.25, -0.2) is 9.13 Å². The Kier molecular flexibility index (Phi) is 59.4. The van der Waals surface area contributed by atoms with Gasteiger partial charge < -0.3 is 33.8 Å². The summed E-state index contributed by atoms with van der Waals surface area (Å²) in [6.45, 7) is 14.1. The Morgan fingerprint density at radius 3 is 0.789 bits per heavy atom. The quantitative estimate of drug-likeness (QED) is 0.0222. The molecule has 0 spiro atoms. The average molecular weight is 1330 g/mol.